The number of carbonyl (C=O) groups is 1. The van der Waals surface area contributed by atoms with E-state index >= 15 is 0 Å². The monoisotopic (exact) mass is 389 g/mol. The smallest absolute Gasteiger partial charge is 0.238 e. The van der Waals surface area contributed by atoms with Gasteiger partial charge in [0.15, 0.2) is 0 Å². The average molecular weight is 390 g/mol. The summed E-state index contributed by atoms with van der Waals surface area (Å²) in [5.41, 5.74) is 2.73. The van der Waals surface area contributed by atoms with Crippen LogP contribution in [0.15, 0.2) is 35.7 Å². The third kappa shape index (κ3) is 3.93. The van der Waals surface area contributed by atoms with Gasteiger partial charge in [-0.1, -0.05) is 12.1 Å². The highest BCUT2D eigenvalue weighted by Gasteiger charge is 2.33. The van der Waals surface area contributed by atoms with E-state index in [9.17, 15) is 13.2 Å². The van der Waals surface area contributed by atoms with Crippen molar-refractivity contribution >= 4 is 15.7 Å². The second-order valence-corrected chi connectivity index (χ2v) is 9.44. The number of hydrogen-bond acceptors (Lipinski definition) is 4. The maximum Gasteiger partial charge on any atom is 0.238 e. The van der Waals surface area contributed by atoms with Crippen molar-refractivity contribution in [3.05, 3.63) is 41.7 Å². The van der Waals surface area contributed by atoms with E-state index in [1.54, 1.807) is 15.7 Å². The Morgan fingerprint density at radius 1 is 1.19 bits per heavy atom. The number of likely N-dealkylation sites (tertiary alicyclic amines) is 1. The predicted molar refractivity (Wildman–Crippen MR) is 105 cm³/mol. The van der Waals surface area contributed by atoms with Crippen LogP contribution in [-0.4, -0.2) is 46.6 Å². The number of piperidine rings is 1. The molecule has 1 aromatic carbocycles. The second kappa shape index (κ2) is 7.46. The Bertz CT molecular complexity index is 939. The molecule has 1 aliphatic heterocycles. The number of amides is 1. The maximum absolute atomic E-state index is 13.0. The number of rotatable bonds is 4. The molecular weight excluding hydrogens is 362 g/mol. The molecule has 3 rings (SSSR count). The molecule has 1 aliphatic rings. The van der Waals surface area contributed by atoms with Crippen LogP contribution in [0.25, 0.3) is 5.69 Å². The van der Waals surface area contributed by atoms with E-state index < -0.39 is 15.6 Å². The fourth-order valence-corrected chi connectivity index (χ4v) is 5.18. The van der Waals surface area contributed by atoms with E-state index in [-0.39, 0.29) is 23.1 Å². The first-order valence-corrected chi connectivity index (χ1v) is 11.0. The van der Waals surface area contributed by atoms with Crippen molar-refractivity contribution in [2.75, 3.05) is 5.75 Å². The molecule has 0 spiro atoms. The molecule has 1 aromatic heterocycles. The Hall–Kier alpha value is -2.15. The lowest BCUT2D eigenvalue weighted by Gasteiger charge is -2.39. The molecule has 1 fully saturated rings. The van der Waals surface area contributed by atoms with Gasteiger partial charge in [0, 0.05) is 24.5 Å². The molecule has 0 bridgehead atoms. The average Bonchev–Trinajstić information content (AvgIpc) is 3.07. The molecule has 6 nitrogen and oxygen atoms in total. The molecule has 1 amide bonds. The molecule has 1 saturated heterocycles. The van der Waals surface area contributed by atoms with Crippen LogP contribution in [0, 0.1) is 13.8 Å². The molecule has 0 aliphatic carbocycles. The van der Waals surface area contributed by atoms with E-state index in [4.69, 9.17) is 0 Å². The minimum atomic E-state index is -3.86. The minimum absolute atomic E-state index is 0.0650. The fourth-order valence-electron chi connectivity index (χ4n) is 3.90. The number of hydrogen-bond donors (Lipinski definition) is 0. The normalized spacial score (nSPS) is 20.7. The zero-order chi connectivity index (χ0) is 19.8. The number of sulfone groups is 1. The fraction of sp³-hybridized carbons (Fsp3) is 0.500. The van der Waals surface area contributed by atoms with E-state index in [1.807, 2.05) is 45.9 Å². The minimum Gasteiger partial charge on any atom is -0.336 e. The van der Waals surface area contributed by atoms with Crippen LogP contribution in [-0.2, 0) is 14.6 Å². The summed E-state index contributed by atoms with van der Waals surface area (Å²) in [4.78, 5) is 18.6. The van der Waals surface area contributed by atoms with Crippen molar-refractivity contribution < 1.29 is 13.2 Å². The summed E-state index contributed by atoms with van der Waals surface area (Å²) in [5.74, 6) is -0.894. The Labute approximate surface area is 161 Å². The van der Waals surface area contributed by atoms with Gasteiger partial charge in [-0.3, -0.25) is 9.36 Å². The predicted octanol–water partition coefficient (Wildman–Crippen LogP) is 3.05. The van der Waals surface area contributed by atoms with E-state index in [1.165, 1.54) is 6.20 Å². The van der Waals surface area contributed by atoms with Crippen LogP contribution in [0.2, 0.25) is 0 Å². The molecule has 27 heavy (non-hydrogen) atoms. The summed E-state index contributed by atoms with van der Waals surface area (Å²) in [6, 6.07) is 5.98. The Morgan fingerprint density at radius 2 is 1.85 bits per heavy atom. The molecule has 2 heterocycles. The van der Waals surface area contributed by atoms with Crippen molar-refractivity contribution in [1.29, 1.82) is 0 Å². The first kappa shape index (κ1) is 19.6. The number of benzene rings is 1. The summed E-state index contributed by atoms with van der Waals surface area (Å²) >= 11 is 0. The molecule has 0 saturated carbocycles. The number of imidazole rings is 1. The third-order valence-electron chi connectivity index (χ3n) is 5.30. The van der Waals surface area contributed by atoms with Gasteiger partial charge in [0.05, 0.1) is 5.69 Å². The Morgan fingerprint density at radius 3 is 2.52 bits per heavy atom. The first-order chi connectivity index (χ1) is 12.7. The van der Waals surface area contributed by atoms with Gasteiger partial charge < -0.3 is 4.90 Å². The van der Waals surface area contributed by atoms with Crippen LogP contribution in [0.5, 0.6) is 0 Å². The van der Waals surface area contributed by atoms with Crippen molar-refractivity contribution in [3.8, 4) is 5.69 Å². The second-order valence-electron chi connectivity index (χ2n) is 7.56. The summed E-state index contributed by atoms with van der Waals surface area (Å²) in [5, 5.41) is -0.0816. The molecule has 0 radical (unpaired) electrons. The topological polar surface area (TPSA) is 72.3 Å². The van der Waals surface area contributed by atoms with Crippen LogP contribution in [0.1, 0.15) is 44.2 Å². The van der Waals surface area contributed by atoms with Crippen LogP contribution < -0.4 is 0 Å². The number of carbonyl (C=O) groups excluding carboxylic acids is 1. The molecule has 0 unspecified atom stereocenters. The summed E-state index contributed by atoms with van der Waals surface area (Å²) in [6.45, 7) is 7.85. The quantitative estimate of drug-likeness (QED) is 0.806. The lowest BCUT2D eigenvalue weighted by Crippen LogP contribution is -2.49. The first-order valence-electron chi connectivity index (χ1n) is 9.35. The van der Waals surface area contributed by atoms with E-state index in [0.29, 0.717) is 0 Å². The Kier molecular flexibility index (Phi) is 5.42. The van der Waals surface area contributed by atoms with E-state index in [2.05, 4.69) is 4.98 Å². The highest BCUT2D eigenvalue weighted by atomic mass is 32.2. The highest BCUT2D eigenvalue weighted by molar-refractivity contribution is 7.92. The summed E-state index contributed by atoms with van der Waals surface area (Å²) in [7, 11) is -3.86. The molecule has 7 heteroatoms. The molecule has 0 N–H and O–H groups in total. The number of nitrogens with zero attached hydrogens (tertiary/aromatic N) is 3. The SMILES string of the molecule is Cc1ccc(C)c(-n2ccnc2S(=O)(=O)CC(=O)N2[C@@H](C)CCC[C@@H]2C)c1. The van der Waals surface area contributed by atoms with Gasteiger partial charge in [0.1, 0.15) is 5.75 Å². The summed E-state index contributed by atoms with van der Waals surface area (Å²) in [6.07, 6.45) is 5.98. The standard InChI is InChI=1S/C20H27N3O3S/c1-14-8-9-15(2)18(12-14)22-11-10-21-20(22)27(25,26)13-19(24)23-16(3)6-5-7-17(23)4/h8-12,16-17H,5-7,13H2,1-4H3/t16-,17-/m0/s1. The van der Waals surface area contributed by atoms with Gasteiger partial charge in [-0.2, -0.15) is 0 Å². The van der Waals surface area contributed by atoms with Crippen LogP contribution in [0.4, 0.5) is 0 Å². The van der Waals surface area contributed by atoms with Crippen molar-refractivity contribution in [1.82, 2.24) is 14.5 Å². The van der Waals surface area contributed by atoms with Gasteiger partial charge in [0.2, 0.25) is 20.9 Å². The van der Waals surface area contributed by atoms with Gasteiger partial charge >= 0.3 is 0 Å². The van der Waals surface area contributed by atoms with Crippen molar-refractivity contribution in [3.63, 3.8) is 0 Å². The largest absolute Gasteiger partial charge is 0.336 e. The van der Waals surface area contributed by atoms with Crippen molar-refractivity contribution in [2.24, 2.45) is 0 Å². The van der Waals surface area contributed by atoms with Gasteiger partial charge in [-0.05, 0) is 64.2 Å². The van der Waals surface area contributed by atoms with E-state index in [0.717, 1.165) is 36.1 Å². The lowest BCUT2D eigenvalue weighted by molar-refractivity contribution is -0.134. The molecular formula is C20H27N3O3S. The van der Waals surface area contributed by atoms with Crippen molar-refractivity contribution in [2.45, 2.75) is 64.2 Å². The van der Waals surface area contributed by atoms with Crippen LogP contribution in [0.3, 0.4) is 0 Å². The Balaban J connectivity index is 1.92. The third-order valence-corrected chi connectivity index (χ3v) is 6.79. The zero-order valence-corrected chi connectivity index (χ0v) is 17.2. The highest BCUT2D eigenvalue weighted by Crippen LogP contribution is 2.25. The molecule has 2 atom stereocenters. The summed E-state index contributed by atoms with van der Waals surface area (Å²) < 4.78 is 27.6. The lowest BCUT2D eigenvalue weighted by atomic mass is 9.98. The maximum atomic E-state index is 13.0. The molecule has 2 aromatic rings. The van der Waals surface area contributed by atoms with Gasteiger partial charge in [0.25, 0.3) is 0 Å². The van der Waals surface area contributed by atoms with Crippen LogP contribution >= 0.6 is 0 Å². The number of aromatic nitrogens is 2. The number of aryl methyl sites for hydroxylation is 2. The van der Waals surface area contributed by atoms with Gasteiger partial charge in [-0.25, -0.2) is 13.4 Å². The zero-order valence-electron chi connectivity index (χ0n) is 16.3. The molecule has 146 valence electrons. The van der Waals surface area contributed by atoms with Gasteiger partial charge in [-0.15, -0.1) is 0 Å².